The molecule has 0 aromatic carbocycles. The van der Waals surface area contributed by atoms with Gasteiger partial charge >= 0.3 is 5.69 Å². The number of amides is 1. The molecule has 1 heterocycles. The van der Waals surface area contributed by atoms with E-state index in [-0.39, 0.29) is 16.8 Å². The van der Waals surface area contributed by atoms with Crippen molar-refractivity contribution in [3.63, 3.8) is 0 Å². The Hall–Kier alpha value is -1.69. The molecule has 1 atom stereocenters. The first-order chi connectivity index (χ1) is 10.0. The molecule has 21 heavy (non-hydrogen) atoms. The number of pyridine rings is 1. The van der Waals surface area contributed by atoms with Crippen LogP contribution in [-0.2, 0) is 0 Å². The highest BCUT2D eigenvalue weighted by Crippen LogP contribution is 2.28. The summed E-state index contributed by atoms with van der Waals surface area (Å²) in [6.07, 6.45) is 7.05. The Morgan fingerprint density at radius 1 is 1.48 bits per heavy atom. The number of nitrogens with zero attached hydrogens (tertiary/aromatic N) is 2. The van der Waals surface area contributed by atoms with Crippen LogP contribution in [-0.4, -0.2) is 21.9 Å². The normalized spacial score (nSPS) is 17.2. The summed E-state index contributed by atoms with van der Waals surface area (Å²) in [4.78, 5) is 26.3. The maximum Gasteiger partial charge on any atom is 0.319 e. The van der Waals surface area contributed by atoms with Gasteiger partial charge in [0.05, 0.1) is 4.92 Å². The first-order valence-electron chi connectivity index (χ1n) is 7.10. The molecule has 6 nitrogen and oxygen atoms in total. The predicted octanol–water partition coefficient (Wildman–Crippen LogP) is 3.34. The first-order valence-corrected chi connectivity index (χ1v) is 7.48. The zero-order chi connectivity index (χ0) is 15.4. The van der Waals surface area contributed by atoms with E-state index in [1.165, 1.54) is 31.5 Å². The molecule has 0 radical (unpaired) electrons. The van der Waals surface area contributed by atoms with Crippen molar-refractivity contribution in [1.82, 2.24) is 10.3 Å². The number of hydrogen-bond acceptors (Lipinski definition) is 4. The zero-order valence-corrected chi connectivity index (χ0v) is 12.6. The molecule has 1 saturated carbocycles. The molecule has 1 N–H and O–H groups in total. The quantitative estimate of drug-likeness (QED) is 0.525. The highest BCUT2D eigenvalue weighted by molar-refractivity contribution is 6.32. The number of carbonyl (C=O) groups excluding carboxylic acids is 1. The number of carbonyl (C=O) groups is 1. The zero-order valence-electron chi connectivity index (χ0n) is 11.8. The maximum atomic E-state index is 12.3. The van der Waals surface area contributed by atoms with Gasteiger partial charge in [-0.2, -0.15) is 0 Å². The third kappa shape index (κ3) is 3.69. The molecule has 0 bridgehead atoms. The Bertz CT molecular complexity index is 544. The SMILES string of the molecule is CC(NC(=O)c1ccnc(Cl)c1[N+](=O)[O-])C1CCCCC1. The molecule has 7 heteroatoms. The van der Waals surface area contributed by atoms with Gasteiger partial charge in [-0.15, -0.1) is 0 Å². The second-order valence-corrected chi connectivity index (χ2v) is 5.77. The van der Waals surface area contributed by atoms with Crippen LogP contribution in [0.15, 0.2) is 12.3 Å². The summed E-state index contributed by atoms with van der Waals surface area (Å²) in [6.45, 7) is 1.95. The molecule has 1 fully saturated rings. The molecule has 0 saturated heterocycles. The number of hydrogen-bond donors (Lipinski definition) is 1. The molecule has 0 aliphatic heterocycles. The molecular formula is C14H18ClN3O3. The van der Waals surface area contributed by atoms with E-state index in [1.807, 2.05) is 6.92 Å². The number of nitro groups is 1. The van der Waals surface area contributed by atoms with Gasteiger partial charge in [0.15, 0.2) is 0 Å². The summed E-state index contributed by atoms with van der Waals surface area (Å²) in [7, 11) is 0. The molecule has 1 unspecified atom stereocenters. The summed E-state index contributed by atoms with van der Waals surface area (Å²) in [5.74, 6) is -0.0388. The maximum absolute atomic E-state index is 12.3. The highest BCUT2D eigenvalue weighted by Gasteiger charge is 2.27. The molecule has 1 aromatic rings. The van der Waals surface area contributed by atoms with Crippen LogP contribution in [0.5, 0.6) is 0 Å². The second kappa shape index (κ2) is 6.85. The van der Waals surface area contributed by atoms with E-state index in [2.05, 4.69) is 10.3 Å². The third-order valence-corrected chi connectivity index (χ3v) is 4.30. The third-order valence-electron chi connectivity index (χ3n) is 4.02. The van der Waals surface area contributed by atoms with Gasteiger partial charge in [0.2, 0.25) is 5.15 Å². The number of rotatable bonds is 4. The van der Waals surface area contributed by atoms with Crippen LogP contribution in [0.25, 0.3) is 0 Å². The molecule has 1 aromatic heterocycles. The van der Waals surface area contributed by atoms with Crippen LogP contribution in [0.2, 0.25) is 5.15 Å². The van der Waals surface area contributed by atoms with Crippen molar-refractivity contribution >= 4 is 23.2 Å². The lowest BCUT2D eigenvalue weighted by Crippen LogP contribution is -2.39. The van der Waals surface area contributed by atoms with Gasteiger partial charge in [-0.3, -0.25) is 14.9 Å². The van der Waals surface area contributed by atoms with Crippen molar-refractivity contribution in [2.75, 3.05) is 0 Å². The summed E-state index contributed by atoms with van der Waals surface area (Å²) in [5.41, 5.74) is -0.477. The van der Waals surface area contributed by atoms with Crippen LogP contribution in [0.4, 0.5) is 5.69 Å². The van der Waals surface area contributed by atoms with E-state index in [4.69, 9.17) is 11.6 Å². The average Bonchev–Trinajstić information content (AvgIpc) is 2.47. The predicted molar refractivity (Wildman–Crippen MR) is 79.4 cm³/mol. The first kappa shape index (κ1) is 15.7. The van der Waals surface area contributed by atoms with Crippen LogP contribution in [0, 0.1) is 16.0 Å². The van der Waals surface area contributed by atoms with Crippen molar-refractivity contribution < 1.29 is 9.72 Å². The summed E-state index contributed by atoms with van der Waals surface area (Å²) < 4.78 is 0. The summed E-state index contributed by atoms with van der Waals surface area (Å²) >= 11 is 5.72. The minimum atomic E-state index is -0.671. The largest absolute Gasteiger partial charge is 0.349 e. The van der Waals surface area contributed by atoms with Gasteiger partial charge in [-0.05, 0) is 31.7 Å². The number of nitrogens with one attached hydrogen (secondary N) is 1. The Balaban J connectivity index is 2.13. The topological polar surface area (TPSA) is 85.1 Å². The highest BCUT2D eigenvalue weighted by atomic mass is 35.5. The molecule has 1 aliphatic rings. The fourth-order valence-corrected chi connectivity index (χ4v) is 3.05. The second-order valence-electron chi connectivity index (χ2n) is 5.42. The summed E-state index contributed by atoms with van der Waals surface area (Å²) in [5, 5.41) is 13.6. The van der Waals surface area contributed by atoms with Gasteiger partial charge in [0.1, 0.15) is 5.56 Å². The van der Waals surface area contributed by atoms with Crippen LogP contribution >= 0.6 is 11.6 Å². The van der Waals surface area contributed by atoms with E-state index in [0.29, 0.717) is 5.92 Å². The Labute approximate surface area is 128 Å². The van der Waals surface area contributed by atoms with Crippen molar-refractivity contribution in [3.05, 3.63) is 33.1 Å². The standard InChI is InChI=1S/C14H18ClN3O3/c1-9(10-5-3-2-4-6-10)17-14(19)11-7-8-16-13(15)12(11)18(20)21/h7-10H,2-6H2,1H3,(H,17,19). The van der Waals surface area contributed by atoms with E-state index in [1.54, 1.807) is 0 Å². The Kier molecular flexibility index (Phi) is 5.12. The molecular weight excluding hydrogens is 294 g/mol. The van der Waals surface area contributed by atoms with Crippen LogP contribution in [0.1, 0.15) is 49.4 Å². The van der Waals surface area contributed by atoms with Crippen molar-refractivity contribution in [2.24, 2.45) is 5.92 Å². The van der Waals surface area contributed by atoms with Gasteiger partial charge in [-0.25, -0.2) is 4.98 Å². The van der Waals surface area contributed by atoms with Crippen LogP contribution in [0.3, 0.4) is 0 Å². The van der Waals surface area contributed by atoms with Crippen molar-refractivity contribution in [1.29, 1.82) is 0 Å². The summed E-state index contributed by atoms with van der Waals surface area (Å²) in [6, 6.07) is 1.32. The van der Waals surface area contributed by atoms with Crippen molar-refractivity contribution in [2.45, 2.75) is 45.1 Å². The van der Waals surface area contributed by atoms with Gasteiger partial charge in [0.25, 0.3) is 5.91 Å². The smallest absolute Gasteiger partial charge is 0.319 e. The molecule has 1 aliphatic carbocycles. The molecule has 1 amide bonds. The van der Waals surface area contributed by atoms with E-state index in [0.717, 1.165) is 12.8 Å². The van der Waals surface area contributed by atoms with Gasteiger partial charge in [-0.1, -0.05) is 30.9 Å². The molecule has 2 rings (SSSR count). The number of halogens is 1. The van der Waals surface area contributed by atoms with Gasteiger partial charge < -0.3 is 5.32 Å². The minimum absolute atomic E-state index is 0.00987. The molecule has 0 spiro atoms. The van der Waals surface area contributed by atoms with Crippen molar-refractivity contribution in [3.8, 4) is 0 Å². The van der Waals surface area contributed by atoms with Gasteiger partial charge in [0, 0.05) is 12.2 Å². The average molecular weight is 312 g/mol. The lowest BCUT2D eigenvalue weighted by atomic mass is 9.84. The van der Waals surface area contributed by atoms with E-state index in [9.17, 15) is 14.9 Å². The number of aromatic nitrogens is 1. The van der Waals surface area contributed by atoms with E-state index < -0.39 is 16.5 Å². The minimum Gasteiger partial charge on any atom is -0.349 e. The van der Waals surface area contributed by atoms with E-state index >= 15 is 0 Å². The fraction of sp³-hybridized carbons (Fsp3) is 0.571. The monoisotopic (exact) mass is 311 g/mol. The fourth-order valence-electron chi connectivity index (χ4n) is 2.82. The lowest BCUT2D eigenvalue weighted by molar-refractivity contribution is -0.385. The lowest BCUT2D eigenvalue weighted by Gasteiger charge is -2.28. The Morgan fingerprint density at radius 3 is 2.76 bits per heavy atom. The molecule has 114 valence electrons. The van der Waals surface area contributed by atoms with Crippen LogP contribution < -0.4 is 5.32 Å². The Morgan fingerprint density at radius 2 is 2.14 bits per heavy atom.